The molecule has 3 aromatic heterocycles. The molecule has 0 fully saturated rings. The summed E-state index contributed by atoms with van der Waals surface area (Å²) in [5.74, 6) is 0.562. The average Bonchev–Trinajstić information content (AvgIpc) is 3.32. The van der Waals surface area contributed by atoms with E-state index in [2.05, 4.69) is 20.3 Å². The van der Waals surface area contributed by atoms with E-state index in [0.717, 1.165) is 29.1 Å². The number of benzene rings is 1. The van der Waals surface area contributed by atoms with Gasteiger partial charge in [-0.3, -0.25) is 4.79 Å². The Bertz CT molecular complexity index is 1040. The lowest BCUT2D eigenvalue weighted by molar-refractivity contribution is 0.0955. The van der Waals surface area contributed by atoms with Crippen molar-refractivity contribution >= 4 is 34.1 Å². The fourth-order valence-electron chi connectivity index (χ4n) is 2.73. The van der Waals surface area contributed by atoms with Gasteiger partial charge in [0, 0.05) is 29.4 Å². The Labute approximate surface area is 154 Å². The Kier molecular flexibility index (Phi) is 4.37. The first-order valence-electron chi connectivity index (χ1n) is 8.20. The number of nitrogens with two attached hydrogens (primary N) is 1. The number of rotatable bonds is 5. The highest BCUT2D eigenvalue weighted by Gasteiger charge is 2.15. The number of amides is 1. The first kappa shape index (κ1) is 16.3. The van der Waals surface area contributed by atoms with Gasteiger partial charge in [-0.15, -0.1) is 0 Å². The largest absolute Gasteiger partial charge is 0.399 e. The second-order valence-corrected chi connectivity index (χ2v) is 6.68. The molecule has 26 heavy (non-hydrogen) atoms. The van der Waals surface area contributed by atoms with Crippen LogP contribution in [-0.4, -0.2) is 27.4 Å². The van der Waals surface area contributed by atoms with Crippen LogP contribution in [0.1, 0.15) is 15.9 Å². The predicted molar refractivity (Wildman–Crippen MR) is 104 cm³/mol. The lowest BCUT2D eigenvalue weighted by atomic mass is 10.1. The van der Waals surface area contributed by atoms with Crippen molar-refractivity contribution in [3.05, 3.63) is 64.5 Å². The van der Waals surface area contributed by atoms with Gasteiger partial charge in [-0.25, -0.2) is 9.97 Å². The molecule has 0 bridgehead atoms. The van der Waals surface area contributed by atoms with Crippen LogP contribution in [0.25, 0.3) is 22.6 Å². The van der Waals surface area contributed by atoms with Gasteiger partial charge in [0.2, 0.25) is 0 Å². The zero-order valence-electron chi connectivity index (χ0n) is 13.9. The van der Waals surface area contributed by atoms with Gasteiger partial charge >= 0.3 is 0 Å². The van der Waals surface area contributed by atoms with E-state index in [-0.39, 0.29) is 5.91 Å². The Hall–Kier alpha value is -3.19. The molecule has 0 saturated heterocycles. The number of anilines is 1. The summed E-state index contributed by atoms with van der Waals surface area (Å²) in [7, 11) is 0. The van der Waals surface area contributed by atoms with Crippen LogP contribution in [0.3, 0.4) is 0 Å². The molecule has 1 aromatic carbocycles. The van der Waals surface area contributed by atoms with Gasteiger partial charge in [0.15, 0.2) is 5.65 Å². The number of carbonyl (C=O) groups excluding carboxylic acids is 1. The van der Waals surface area contributed by atoms with E-state index in [1.165, 1.54) is 0 Å². The van der Waals surface area contributed by atoms with Crippen LogP contribution in [0.5, 0.6) is 0 Å². The first-order valence-corrected chi connectivity index (χ1v) is 9.15. The number of fused-ring (bicyclic) bond motifs is 1. The van der Waals surface area contributed by atoms with Gasteiger partial charge in [-0.05, 0) is 41.6 Å². The number of hydrogen-bond donors (Lipinski definition) is 3. The Morgan fingerprint density at radius 1 is 1.19 bits per heavy atom. The first-order chi connectivity index (χ1) is 12.7. The second kappa shape index (κ2) is 6.97. The molecule has 130 valence electrons. The van der Waals surface area contributed by atoms with Crippen LogP contribution in [0.2, 0.25) is 0 Å². The number of pyridine rings is 1. The van der Waals surface area contributed by atoms with E-state index in [9.17, 15) is 4.79 Å². The molecule has 0 aliphatic heterocycles. The SMILES string of the molecule is Nc1ccc(CCNC(=O)c2ccnc3[nH]c(-c4ccsc4)nc23)cc1. The van der Waals surface area contributed by atoms with E-state index in [4.69, 9.17) is 5.73 Å². The minimum absolute atomic E-state index is 0.156. The number of hydrogen-bond acceptors (Lipinski definition) is 5. The topological polar surface area (TPSA) is 96.7 Å². The number of thiophene rings is 1. The molecule has 4 N–H and O–H groups in total. The molecule has 0 spiro atoms. The number of nitrogen functional groups attached to an aromatic ring is 1. The van der Waals surface area contributed by atoms with Crippen molar-refractivity contribution in [1.82, 2.24) is 20.3 Å². The number of imidazole rings is 1. The van der Waals surface area contributed by atoms with Crippen molar-refractivity contribution in [2.45, 2.75) is 6.42 Å². The van der Waals surface area contributed by atoms with E-state index in [0.29, 0.717) is 23.3 Å². The smallest absolute Gasteiger partial charge is 0.253 e. The number of nitrogens with zero attached hydrogens (tertiary/aromatic N) is 2. The minimum atomic E-state index is -0.156. The molecule has 4 rings (SSSR count). The predicted octanol–water partition coefficient (Wildman–Crippen LogP) is 3.24. The van der Waals surface area contributed by atoms with Crippen molar-refractivity contribution in [1.29, 1.82) is 0 Å². The van der Waals surface area contributed by atoms with E-state index < -0.39 is 0 Å². The number of nitrogens with one attached hydrogen (secondary N) is 2. The molecule has 3 heterocycles. The van der Waals surface area contributed by atoms with Gasteiger partial charge in [0.1, 0.15) is 11.3 Å². The zero-order valence-corrected chi connectivity index (χ0v) is 14.7. The van der Waals surface area contributed by atoms with Crippen LogP contribution in [0.4, 0.5) is 5.69 Å². The molecule has 0 atom stereocenters. The van der Waals surface area contributed by atoms with Crippen molar-refractivity contribution in [2.75, 3.05) is 12.3 Å². The molecular weight excluding hydrogens is 346 g/mol. The van der Waals surface area contributed by atoms with Gasteiger partial charge in [-0.1, -0.05) is 12.1 Å². The second-order valence-electron chi connectivity index (χ2n) is 5.90. The Morgan fingerprint density at radius 3 is 2.81 bits per heavy atom. The highest BCUT2D eigenvalue weighted by molar-refractivity contribution is 7.08. The van der Waals surface area contributed by atoms with Gasteiger partial charge < -0.3 is 16.0 Å². The molecule has 4 aromatic rings. The molecule has 7 heteroatoms. The average molecular weight is 363 g/mol. The standard InChI is InChI=1S/C19H17N5OS/c20-14-3-1-12(2-4-14)5-8-22-19(25)15-6-9-21-18-16(15)23-17(24-18)13-7-10-26-11-13/h1-4,6-7,9-11H,5,8,20H2,(H,22,25)(H,21,23,24). The molecule has 6 nitrogen and oxygen atoms in total. The van der Waals surface area contributed by atoms with Gasteiger partial charge in [0.25, 0.3) is 5.91 Å². The quantitative estimate of drug-likeness (QED) is 0.474. The third-order valence-corrected chi connectivity index (χ3v) is 4.79. The summed E-state index contributed by atoms with van der Waals surface area (Å²) in [6, 6.07) is 11.3. The summed E-state index contributed by atoms with van der Waals surface area (Å²) in [6.07, 6.45) is 2.35. The van der Waals surface area contributed by atoms with Crippen LogP contribution in [-0.2, 0) is 6.42 Å². The molecule has 0 unspecified atom stereocenters. The van der Waals surface area contributed by atoms with Crippen molar-refractivity contribution < 1.29 is 4.79 Å². The van der Waals surface area contributed by atoms with E-state index in [1.54, 1.807) is 23.6 Å². The third kappa shape index (κ3) is 3.29. The number of aromatic nitrogens is 3. The third-order valence-electron chi connectivity index (χ3n) is 4.10. The maximum Gasteiger partial charge on any atom is 0.253 e. The highest BCUT2D eigenvalue weighted by Crippen LogP contribution is 2.23. The summed E-state index contributed by atoms with van der Waals surface area (Å²) >= 11 is 1.60. The molecular formula is C19H17N5OS. The summed E-state index contributed by atoms with van der Waals surface area (Å²) < 4.78 is 0. The molecule has 1 amide bonds. The molecule has 0 aliphatic carbocycles. The zero-order chi connectivity index (χ0) is 17.9. The van der Waals surface area contributed by atoms with Crippen LogP contribution < -0.4 is 11.1 Å². The number of H-pyrrole nitrogens is 1. The van der Waals surface area contributed by atoms with E-state index in [1.807, 2.05) is 41.1 Å². The minimum Gasteiger partial charge on any atom is -0.399 e. The van der Waals surface area contributed by atoms with Gasteiger partial charge in [-0.2, -0.15) is 11.3 Å². The normalized spacial score (nSPS) is 10.9. The summed E-state index contributed by atoms with van der Waals surface area (Å²) in [5.41, 5.74) is 10.2. The maximum atomic E-state index is 12.6. The summed E-state index contributed by atoms with van der Waals surface area (Å²) in [5, 5.41) is 6.94. The maximum absolute atomic E-state index is 12.6. The Balaban J connectivity index is 1.50. The number of carbonyl (C=O) groups is 1. The van der Waals surface area contributed by atoms with Crippen molar-refractivity contribution in [2.24, 2.45) is 0 Å². The monoisotopic (exact) mass is 363 g/mol. The molecule has 0 saturated carbocycles. The van der Waals surface area contributed by atoms with Crippen molar-refractivity contribution in [3.8, 4) is 11.4 Å². The molecule has 0 radical (unpaired) electrons. The van der Waals surface area contributed by atoms with Crippen LogP contribution in [0, 0.1) is 0 Å². The van der Waals surface area contributed by atoms with Gasteiger partial charge in [0.05, 0.1) is 5.56 Å². The molecule has 0 aliphatic rings. The van der Waals surface area contributed by atoms with Crippen LogP contribution in [0.15, 0.2) is 53.4 Å². The summed E-state index contributed by atoms with van der Waals surface area (Å²) in [6.45, 7) is 0.536. The fourth-order valence-corrected chi connectivity index (χ4v) is 3.37. The summed E-state index contributed by atoms with van der Waals surface area (Å²) in [4.78, 5) is 24.6. The fraction of sp³-hybridized carbons (Fsp3) is 0.105. The van der Waals surface area contributed by atoms with Crippen molar-refractivity contribution in [3.63, 3.8) is 0 Å². The number of aromatic amines is 1. The lowest BCUT2D eigenvalue weighted by Gasteiger charge is -2.06. The van der Waals surface area contributed by atoms with Crippen LogP contribution >= 0.6 is 11.3 Å². The Morgan fingerprint density at radius 2 is 2.04 bits per heavy atom. The lowest BCUT2D eigenvalue weighted by Crippen LogP contribution is -2.26. The van der Waals surface area contributed by atoms with E-state index >= 15 is 0 Å². The highest BCUT2D eigenvalue weighted by atomic mass is 32.1.